The van der Waals surface area contributed by atoms with Gasteiger partial charge in [0.15, 0.2) is 0 Å². The Morgan fingerprint density at radius 1 is 1.27 bits per heavy atom. The van der Waals surface area contributed by atoms with Crippen LogP contribution in [-0.4, -0.2) is 43.1 Å². The topological polar surface area (TPSA) is 49.7 Å². The summed E-state index contributed by atoms with van der Waals surface area (Å²) < 4.78 is 5.76. The van der Waals surface area contributed by atoms with E-state index in [4.69, 9.17) is 4.74 Å². The highest BCUT2D eigenvalue weighted by Gasteiger charge is 2.41. The minimum atomic E-state index is -1.97. The van der Waals surface area contributed by atoms with Crippen LogP contribution in [0, 0.1) is 0 Å². The molecule has 15 heavy (non-hydrogen) atoms. The molecule has 1 fully saturated rings. The normalized spacial score (nSPS) is 23.0. The summed E-state index contributed by atoms with van der Waals surface area (Å²) in [6.07, 6.45) is 5.94. The highest BCUT2D eigenvalue weighted by molar-refractivity contribution is 6.80. The fourth-order valence-electron chi connectivity index (χ4n) is 2.33. The second-order valence-corrected chi connectivity index (χ2v) is 9.14. The Labute approximate surface area is 93.5 Å². The van der Waals surface area contributed by atoms with Gasteiger partial charge in [-0.1, -0.05) is 25.8 Å². The molecule has 1 saturated heterocycles. The molecule has 1 atom stereocenters. The molecule has 0 spiro atoms. The van der Waals surface area contributed by atoms with E-state index in [1.54, 1.807) is 0 Å². The molecule has 90 valence electrons. The molecule has 0 bridgehead atoms. The van der Waals surface area contributed by atoms with Gasteiger partial charge >= 0.3 is 0 Å². The Hall–Kier alpha value is 0.0969. The van der Waals surface area contributed by atoms with E-state index in [2.05, 4.69) is 6.92 Å². The van der Waals surface area contributed by atoms with E-state index in [1.165, 1.54) is 6.42 Å². The van der Waals surface area contributed by atoms with Crippen LogP contribution < -0.4 is 0 Å². The summed E-state index contributed by atoms with van der Waals surface area (Å²) in [6, 6.07) is 1.00. The molecule has 0 aromatic rings. The third-order valence-electron chi connectivity index (χ3n) is 3.52. The molecule has 0 aliphatic carbocycles. The first-order chi connectivity index (χ1) is 7.29. The van der Waals surface area contributed by atoms with Gasteiger partial charge in [0.2, 0.25) is 0 Å². The molecule has 1 heterocycles. The zero-order chi connectivity index (χ0) is 11.1. The molecule has 0 aromatic heterocycles. The maximum atomic E-state index is 9.58. The van der Waals surface area contributed by atoms with Crippen molar-refractivity contribution in [3.8, 4) is 0 Å². The van der Waals surface area contributed by atoms with Crippen LogP contribution in [0.1, 0.15) is 39.0 Å². The van der Waals surface area contributed by atoms with Crippen molar-refractivity contribution in [2.75, 3.05) is 19.1 Å². The average molecular weight is 232 g/mol. The molecule has 0 aromatic carbocycles. The van der Waals surface area contributed by atoms with Gasteiger partial charge in [-0.05, 0) is 19.3 Å². The maximum absolute atomic E-state index is 9.58. The fourth-order valence-corrected chi connectivity index (χ4v) is 5.82. The van der Waals surface area contributed by atoms with Crippen LogP contribution in [0.25, 0.3) is 0 Å². The largest absolute Gasteiger partial charge is 0.399 e. The first-order valence-electron chi connectivity index (χ1n) is 6.12. The van der Waals surface area contributed by atoms with Crippen molar-refractivity contribution in [1.29, 1.82) is 0 Å². The number of hydrogen-bond donors (Lipinski definition) is 2. The van der Waals surface area contributed by atoms with Crippen molar-refractivity contribution < 1.29 is 14.9 Å². The van der Waals surface area contributed by atoms with Crippen molar-refractivity contribution in [2.24, 2.45) is 0 Å². The SMILES string of the molecule is CCCC[Si](CO)(CO)C1CCCCO1. The molecule has 2 N–H and O–H groups in total. The van der Waals surface area contributed by atoms with Crippen LogP contribution in [0.3, 0.4) is 0 Å². The van der Waals surface area contributed by atoms with E-state index in [0.29, 0.717) is 0 Å². The van der Waals surface area contributed by atoms with E-state index in [0.717, 1.165) is 38.3 Å². The fraction of sp³-hybridized carbons (Fsp3) is 1.00. The highest BCUT2D eigenvalue weighted by atomic mass is 28.3. The summed E-state index contributed by atoms with van der Waals surface area (Å²) in [6.45, 7) is 2.96. The number of unbranched alkanes of at least 4 members (excludes halogenated alkanes) is 1. The van der Waals surface area contributed by atoms with Gasteiger partial charge in [0.1, 0.15) is 8.07 Å². The standard InChI is InChI=1S/C11H24O3Si/c1-2-3-8-15(9-12,10-13)11-6-4-5-7-14-11/h11-13H,2-10H2,1H3. The van der Waals surface area contributed by atoms with Crippen LogP contribution in [0.5, 0.6) is 0 Å². The Kier molecular flexibility index (Phi) is 5.82. The Morgan fingerprint density at radius 2 is 2.00 bits per heavy atom. The molecule has 4 heteroatoms. The lowest BCUT2D eigenvalue weighted by Gasteiger charge is -2.38. The van der Waals surface area contributed by atoms with E-state index in [9.17, 15) is 10.2 Å². The number of aliphatic hydroxyl groups excluding tert-OH is 2. The van der Waals surface area contributed by atoms with Crippen LogP contribution in [0.4, 0.5) is 0 Å². The van der Waals surface area contributed by atoms with Gasteiger partial charge in [-0.3, -0.25) is 0 Å². The van der Waals surface area contributed by atoms with Gasteiger partial charge in [0.25, 0.3) is 0 Å². The summed E-state index contributed by atoms with van der Waals surface area (Å²) in [7, 11) is -1.97. The molecular weight excluding hydrogens is 208 g/mol. The van der Waals surface area contributed by atoms with Gasteiger partial charge in [0.05, 0.1) is 5.73 Å². The second-order valence-electron chi connectivity index (χ2n) is 4.64. The molecule has 3 nitrogen and oxygen atoms in total. The van der Waals surface area contributed by atoms with Crippen LogP contribution in [0.15, 0.2) is 0 Å². The smallest absolute Gasteiger partial charge is 0.143 e. The van der Waals surface area contributed by atoms with Gasteiger partial charge in [-0.2, -0.15) is 0 Å². The quantitative estimate of drug-likeness (QED) is 0.681. The predicted molar refractivity (Wildman–Crippen MR) is 63.2 cm³/mol. The lowest BCUT2D eigenvalue weighted by atomic mass is 10.2. The Balaban J connectivity index is 2.59. The van der Waals surface area contributed by atoms with Crippen LogP contribution >= 0.6 is 0 Å². The monoisotopic (exact) mass is 232 g/mol. The first kappa shape index (κ1) is 13.2. The van der Waals surface area contributed by atoms with Crippen molar-refractivity contribution in [2.45, 2.75) is 50.8 Å². The van der Waals surface area contributed by atoms with E-state index in [-0.39, 0.29) is 18.2 Å². The van der Waals surface area contributed by atoms with Crippen molar-refractivity contribution in [3.63, 3.8) is 0 Å². The number of hydrogen-bond acceptors (Lipinski definition) is 3. The van der Waals surface area contributed by atoms with E-state index >= 15 is 0 Å². The summed E-state index contributed by atoms with van der Waals surface area (Å²) in [5.41, 5.74) is 0.188. The van der Waals surface area contributed by atoms with Gasteiger partial charge in [0, 0.05) is 19.1 Å². The molecule has 0 amide bonds. The minimum Gasteiger partial charge on any atom is -0.399 e. The van der Waals surface area contributed by atoms with Gasteiger partial charge in [-0.25, -0.2) is 0 Å². The van der Waals surface area contributed by atoms with Gasteiger partial charge < -0.3 is 14.9 Å². The number of ether oxygens (including phenoxy) is 1. The maximum Gasteiger partial charge on any atom is 0.143 e. The van der Waals surface area contributed by atoms with Crippen molar-refractivity contribution >= 4 is 8.07 Å². The third kappa shape index (κ3) is 3.28. The highest BCUT2D eigenvalue weighted by Crippen LogP contribution is 2.26. The summed E-state index contributed by atoms with van der Waals surface area (Å²) in [4.78, 5) is 0. The first-order valence-corrected chi connectivity index (χ1v) is 8.82. The number of rotatable bonds is 6. The van der Waals surface area contributed by atoms with Crippen molar-refractivity contribution in [3.05, 3.63) is 0 Å². The van der Waals surface area contributed by atoms with Crippen LogP contribution in [-0.2, 0) is 4.74 Å². The van der Waals surface area contributed by atoms with E-state index < -0.39 is 8.07 Å². The Bertz CT molecular complexity index is 165. The summed E-state index contributed by atoms with van der Waals surface area (Å²) in [5, 5.41) is 19.2. The summed E-state index contributed by atoms with van der Waals surface area (Å²) >= 11 is 0. The Morgan fingerprint density at radius 3 is 2.47 bits per heavy atom. The molecule has 1 aliphatic rings. The molecule has 1 aliphatic heterocycles. The minimum absolute atomic E-state index is 0.175. The summed E-state index contributed by atoms with van der Waals surface area (Å²) in [5.74, 6) is 0. The lowest BCUT2D eigenvalue weighted by Crippen LogP contribution is -2.57. The molecular formula is C11H24O3Si. The zero-order valence-electron chi connectivity index (χ0n) is 9.74. The second kappa shape index (κ2) is 6.63. The number of aliphatic hydroxyl groups is 2. The van der Waals surface area contributed by atoms with Gasteiger partial charge in [-0.15, -0.1) is 0 Å². The molecule has 1 rings (SSSR count). The molecule has 0 radical (unpaired) electrons. The predicted octanol–water partition coefficient (Wildman–Crippen LogP) is 1.41. The lowest BCUT2D eigenvalue weighted by molar-refractivity contribution is 0.0534. The average Bonchev–Trinajstić information content (AvgIpc) is 2.33. The van der Waals surface area contributed by atoms with Crippen LogP contribution in [0.2, 0.25) is 6.04 Å². The van der Waals surface area contributed by atoms with E-state index in [1.807, 2.05) is 0 Å². The van der Waals surface area contributed by atoms with Crippen molar-refractivity contribution in [1.82, 2.24) is 0 Å². The molecule has 1 unspecified atom stereocenters. The zero-order valence-corrected chi connectivity index (χ0v) is 10.7. The third-order valence-corrected chi connectivity index (χ3v) is 7.95. The molecule has 0 saturated carbocycles.